The fourth-order valence-corrected chi connectivity index (χ4v) is 2.03. The van der Waals surface area contributed by atoms with Gasteiger partial charge in [0.15, 0.2) is 0 Å². The van der Waals surface area contributed by atoms with Crippen LogP contribution in [-0.4, -0.2) is 36.6 Å². The number of aromatic nitrogens is 2. The monoisotopic (exact) mass is 305 g/mol. The summed E-state index contributed by atoms with van der Waals surface area (Å²) in [6.07, 6.45) is 3.72. The van der Waals surface area contributed by atoms with E-state index in [9.17, 15) is 0 Å². The van der Waals surface area contributed by atoms with Crippen LogP contribution in [0.2, 0.25) is 0 Å². The van der Waals surface area contributed by atoms with Crippen LogP contribution in [0.5, 0.6) is 0 Å². The van der Waals surface area contributed by atoms with E-state index in [4.69, 9.17) is 21.1 Å². The highest BCUT2D eigenvalue weighted by Crippen LogP contribution is 2.28. The lowest BCUT2D eigenvalue weighted by atomic mass is 10.1. The van der Waals surface area contributed by atoms with Gasteiger partial charge in [0, 0.05) is 25.4 Å². The molecular formula is C15H23N5O2. The molecule has 0 aliphatic heterocycles. The normalized spacial score (nSPS) is 10.9. The van der Waals surface area contributed by atoms with Gasteiger partial charge in [0.05, 0.1) is 30.8 Å². The molecule has 1 aromatic heterocycles. The highest BCUT2D eigenvalue weighted by molar-refractivity contribution is 5.76. The molecule has 1 aromatic carbocycles. The summed E-state index contributed by atoms with van der Waals surface area (Å²) in [5, 5.41) is 5.90. The summed E-state index contributed by atoms with van der Waals surface area (Å²) in [7, 11) is 1.64. The Hall–Kier alpha value is -2.09. The fraction of sp³-hybridized carbons (Fsp3) is 0.400. The van der Waals surface area contributed by atoms with E-state index in [-0.39, 0.29) is 0 Å². The van der Waals surface area contributed by atoms with Gasteiger partial charge in [-0.1, -0.05) is 6.07 Å². The molecule has 0 spiro atoms. The minimum atomic E-state index is 0.392. The Kier molecular flexibility index (Phi) is 5.76. The lowest BCUT2D eigenvalue weighted by molar-refractivity contribution is 0.0289. The van der Waals surface area contributed by atoms with Crippen LogP contribution in [0, 0.1) is 0 Å². The molecule has 120 valence electrons. The molecule has 0 amide bonds. The lowest BCUT2D eigenvalue weighted by Gasteiger charge is -2.19. The molecule has 0 aliphatic carbocycles. The number of hydrogen-bond donors (Lipinski definition) is 2. The van der Waals surface area contributed by atoms with Crippen LogP contribution >= 0.6 is 0 Å². The molecule has 0 aliphatic rings. The molecule has 4 N–H and O–H groups in total. The van der Waals surface area contributed by atoms with E-state index >= 15 is 0 Å². The van der Waals surface area contributed by atoms with Crippen LogP contribution in [0.15, 0.2) is 30.6 Å². The SMILES string of the molecule is CCN(N)c1cc(-c2cnn(COCCOC)c2)ccc1N. The van der Waals surface area contributed by atoms with Gasteiger partial charge in [-0.05, 0) is 24.6 Å². The molecule has 0 atom stereocenters. The maximum absolute atomic E-state index is 5.97. The molecule has 22 heavy (non-hydrogen) atoms. The molecule has 1 heterocycles. The van der Waals surface area contributed by atoms with Gasteiger partial charge in [-0.15, -0.1) is 0 Å². The average Bonchev–Trinajstić information content (AvgIpc) is 3.00. The Labute approximate surface area is 130 Å². The predicted octanol–water partition coefficient (Wildman–Crippen LogP) is 1.45. The second-order valence-corrected chi connectivity index (χ2v) is 4.86. The molecule has 0 unspecified atom stereocenters. The zero-order valence-corrected chi connectivity index (χ0v) is 13.0. The smallest absolute Gasteiger partial charge is 0.139 e. The van der Waals surface area contributed by atoms with E-state index < -0.39 is 0 Å². The number of methoxy groups -OCH3 is 1. The third kappa shape index (κ3) is 3.97. The maximum atomic E-state index is 5.97. The predicted molar refractivity (Wildman–Crippen MR) is 87.1 cm³/mol. The van der Waals surface area contributed by atoms with Crippen molar-refractivity contribution in [3.8, 4) is 11.1 Å². The van der Waals surface area contributed by atoms with Crippen molar-refractivity contribution in [2.24, 2.45) is 5.84 Å². The lowest BCUT2D eigenvalue weighted by Crippen LogP contribution is -2.30. The number of ether oxygens (including phenoxy) is 2. The van der Waals surface area contributed by atoms with Crippen molar-refractivity contribution in [1.82, 2.24) is 9.78 Å². The number of rotatable bonds is 8. The number of nitrogens with zero attached hydrogens (tertiary/aromatic N) is 3. The van der Waals surface area contributed by atoms with Gasteiger partial charge < -0.3 is 20.2 Å². The molecule has 2 rings (SSSR count). The van der Waals surface area contributed by atoms with Crippen LogP contribution < -0.4 is 16.6 Å². The average molecular weight is 305 g/mol. The molecule has 0 bridgehead atoms. The van der Waals surface area contributed by atoms with E-state index in [1.54, 1.807) is 23.0 Å². The van der Waals surface area contributed by atoms with E-state index in [1.165, 1.54) is 0 Å². The summed E-state index contributed by atoms with van der Waals surface area (Å²) < 4.78 is 12.1. The molecule has 0 saturated carbocycles. The zero-order chi connectivity index (χ0) is 15.9. The molecule has 7 heteroatoms. The van der Waals surface area contributed by atoms with Crippen molar-refractivity contribution in [1.29, 1.82) is 0 Å². The van der Waals surface area contributed by atoms with Crippen LogP contribution in [0.4, 0.5) is 11.4 Å². The highest BCUT2D eigenvalue weighted by atomic mass is 16.5. The fourth-order valence-electron chi connectivity index (χ4n) is 2.03. The van der Waals surface area contributed by atoms with Gasteiger partial charge in [-0.2, -0.15) is 5.10 Å². The standard InChI is InChI=1S/C15H23N5O2/c1-3-20(17)15-8-12(4-5-14(15)16)13-9-18-19(10-13)11-22-7-6-21-2/h4-5,8-10H,3,6-7,11,16-17H2,1-2H3. The highest BCUT2D eigenvalue weighted by Gasteiger charge is 2.08. The van der Waals surface area contributed by atoms with Crippen molar-refractivity contribution in [3.05, 3.63) is 30.6 Å². The summed E-state index contributed by atoms with van der Waals surface area (Å²) in [5.41, 5.74) is 9.43. The van der Waals surface area contributed by atoms with Crippen molar-refractivity contribution < 1.29 is 9.47 Å². The van der Waals surface area contributed by atoms with Crippen LogP contribution in [0.1, 0.15) is 6.92 Å². The van der Waals surface area contributed by atoms with Gasteiger partial charge in [-0.25, -0.2) is 10.5 Å². The van der Waals surface area contributed by atoms with Gasteiger partial charge in [0.2, 0.25) is 0 Å². The largest absolute Gasteiger partial charge is 0.397 e. The van der Waals surface area contributed by atoms with Crippen LogP contribution in [0.25, 0.3) is 11.1 Å². The second kappa shape index (κ2) is 7.79. The molecule has 0 radical (unpaired) electrons. The Morgan fingerprint density at radius 3 is 2.82 bits per heavy atom. The summed E-state index contributed by atoms with van der Waals surface area (Å²) in [6.45, 7) is 4.15. The number of nitrogens with two attached hydrogens (primary N) is 2. The van der Waals surface area contributed by atoms with Crippen molar-refractivity contribution in [2.45, 2.75) is 13.7 Å². The summed E-state index contributed by atoms with van der Waals surface area (Å²) in [5.74, 6) is 5.94. The van der Waals surface area contributed by atoms with Crippen molar-refractivity contribution >= 4 is 11.4 Å². The summed E-state index contributed by atoms with van der Waals surface area (Å²) in [6, 6.07) is 5.77. The van der Waals surface area contributed by atoms with Gasteiger partial charge >= 0.3 is 0 Å². The first-order valence-corrected chi connectivity index (χ1v) is 7.17. The van der Waals surface area contributed by atoms with Crippen LogP contribution in [0.3, 0.4) is 0 Å². The van der Waals surface area contributed by atoms with E-state index in [0.29, 0.717) is 32.2 Å². The van der Waals surface area contributed by atoms with Crippen molar-refractivity contribution in [2.75, 3.05) is 37.6 Å². The first-order valence-electron chi connectivity index (χ1n) is 7.17. The first kappa shape index (κ1) is 16.3. The number of hydrazine groups is 1. The van der Waals surface area contributed by atoms with Gasteiger partial charge in [0.1, 0.15) is 6.73 Å². The van der Waals surface area contributed by atoms with Crippen molar-refractivity contribution in [3.63, 3.8) is 0 Å². The number of nitrogen functional groups attached to an aromatic ring is 1. The minimum absolute atomic E-state index is 0.392. The first-order chi connectivity index (χ1) is 10.7. The molecule has 0 saturated heterocycles. The van der Waals surface area contributed by atoms with Gasteiger partial charge in [0.25, 0.3) is 0 Å². The third-order valence-corrected chi connectivity index (χ3v) is 3.30. The second-order valence-electron chi connectivity index (χ2n) is 4.86. The Bertz CT molecular complexity index is 599. The number of hydrogen-bond acceptors (Lipinski definition) is 6. The summed E-state index contributed by atoms with van der Waals surface area (Å²) >= 11 is 0. The summed E-state index contributed by atoms with van der Waals surface area (Å²) in [4.78, 5) is 0. The molecular weight excluding hydrogens is 282 g/mol. The third-order valence-electron chi connectivity index (χ3n) is 3.30. The van der Waals surface area contributed by atoms with Crippen LogP contribution in [-0.2, 0) is 16.2 Å². The zero-order valence-electron chi connectivity index (χ0n) is 13.0. The Morgan fingerprint density at radius 2 is 2.09 bits per heavy atom. The molecule has 7 nitrogen and oxygen atoms in total. The minimum Gasteiger partial charge on any atom is -0.397 e. The number of benzene rings is 1. The Morgan fingerprint density at radius 1 is 1.27 bits per heavy atom. The number of anilines is 2. The van der Waals surface area contributed by atoms with Gasteiger partial charge in [-0.3, -0.25) is 0 Å². The molecule has 0 fully saturated rings. The van der Waals surface area contributed by atoms with E-state index in [2.05, 4.69) is 5.10 Å². The maximum Gasteiger partial charge on any atom is 0.139 e. The topological polar surface area (TPSA) is 91.6 Å². The van der Waals surface area contributed by atoms with E-state index in [0.717, 1.165) is 16.8 Å². The molecule has 2 aromatic rings. The quantitative estimate of drug-likeness (QED) is 0.332. The van der Waals surface area contributed by atoms with E-state index in [1.807, 2.05) is 31.3 Å². The Balaban J connectivity index is 2.10.